The summed E-state index contributed by atoms with van der Waals surface area (Å²) in [6.07, 6.45) is -0.942. The summed E-state index contributed by atoms with van der Waals surface area (Å²) >= 11 is 0. The summed E-state index contributed by atoms with van der Waals surface area (Å²) in [5.74, 6) is -3.28. The summed E-state index contributed by atoms with van der Waals surface area (Å²) < 4.78 is 19.8. The van der Waals surface area contributed by atoms with Crippen LogP contribution >= 0.6 is 0 Å². The fourth-order valence-electron chi connectivity index (χ4n) is 3.80. The standard InChI is InChI=1S/C24H19FN2O6/c25-20-11-5-10-18(23(30)27-33-13-21(28)29)22(20)26-24(31)32-12-19-16-8-3-1-6-14(16)15-7-2-4-9-17(15)19/h1-11,19H,12-13H2,(H,26,31)(H,27,30)(H,28,29). The second-order valence-corrected chi connectivity index (χ2v) is 7.23. The molecule has 0 unspecified atom stereocenters. The van der Waals surface area contributed by atoms with Crippen LogP contribution in [0.2, 0.25) is 0 Å². The number of hydrogen-bond acceptors (Lipinski definition) is 5. The Balaban J connectivity index is 1.46. The molecular formula is C24H19FN2O6. The minimum absolute atomic E-state index is 0.0115. The van der Waals surface area contributed by atoms with E-state index in [1.165, 1.54) is 12.1 Å². The maximum atomic E-state index is 14.4. The van der Waals surface area contributed by atoms with Gasteiger partial charge >= 0.3 is 12.1 Å². The van der Waals surface area contributed by atoms with Crippen molar-refractivity contribution in [3.05, 3.63) is 89.2 Å². The first-order valence-corrected chi connectivity index (χ1v) is 10.00. The number of aliphatic carboxylic acids is 1. The highest BCUT2D eigenvalue weighted by Crippen LogP contribution is 2.44. The molecule has 1 aliphatic carbocycles. The lowest BCUT2D eigenvalue weighted by atomic mass is 9.98. The van der Waals surface area contributed by atoms with Gasteiger partial charge in [0.15, 0.2) is 6.61 Å². The van der Waals surface area contributed by atoms with E-state index in [0.717, 1.165) is 28.3 Å². The van der Waals surface area contributed by atoms with Gasteiger partial charge < -0.3 is 9.84 Å². The zero-order chi connectivity index (χ0) is 23.4. The molecule has 3 aromatic carbocycles. The van der Waals surface area contributed by atoms with E-state index in [-0.39, 0.29) is 18.1 Å². The van der Waals surface area contributed by atoms with Gasteiger partial charge in [-0.2, -0.15) is 0 Å². The molecule has 0 saturated heterocycles. The van der Waals surface area contributed by atoms with E-state index in [1.807, 2.05) is 54.0 Å². The number of benzene rings is 3. The number of carbonyl (C=O) groups is 3. The first-order chi connectivity index (χ1) is 16.0. The molecular weight excluding hydrogens is 431 g/mol. The zero-order valence-electron chi connectivity index (χ0n) is 17.2. The van der Waals surface area contributed by atoms with Gasteiger partial charge in [0.2, 0.25) is 0 Å². The quantitative estimate of drug-likeness (QED) is 0.470. The summed E-state index contributed by atoms with van der Waals surface area (Å²) in [6, 6.07) is 19.2. The van der Waals surface area contributed by atoms with Crippen molar-refractivity contribution in [2.24, 2.45) is 0 Å². The van der Waals surface area contributed by atoms with Crippen LogP contribution in [-0.4, -0.2) is 36.3 Å². The van der Waals surface area contributed by atoms with Gasteiger partial charge in [0.1, 0.15) is 12.4 Å². The van der Waals surface area contributed by atoms with Crippen molar-refractivity contribution in [1.29, 1.82) is 0 Å². The molecule has 0 aliphatic heterocycles. The number of carboxylic acids is 1. The number of ether oxygens (including phenoxy) is 1. The molecule has 168 valence electrons. The monoisotopic (exact) mass is 450 g/mol. The minimum atomic E-state index is -1.30. The molecule has 0 fully saturated rings. The first kappa shape index (κ1) is 22.0. The van der Waals surface area contributed by atoms with Crippen molar-refractivity contribution in [2.45, 2.75) is 5.92 Å². The fourth-order valence-corrected chi connectivity index (χ4v) is 3.80. The Morgan fingerprint density at radius 3 is 2.18 bits per heavy atom. The summed E-state index contributed by atoms with van der Waals surface area (Å²) in [5.41, 5.74) is 5.40. The van der Waals surface area contributed by atoms with Crippen LogP contribution in [0.1, 0.15) is 27.4 Å². The third-order valence-electron chi connectivity index (χ3n) is 5.19. The second-order valence-electron chi connectivity index (χ2n) is 7.23. The van der Waals surface area contributed by atoms with Gasteiger partial charge in [0, 0.05) is 5.92 Å². The number of fused-ring (bicyclic) bond motifs is 3. The van der Waals surface area contributed by atoms with Gasteiger partial charge in [0.25, 0.3) is 5.91 Å². The van der Waals surface area contributed by atoms with E-state index in [9.17, 15) is 18.8 Å². The Morgan fingerprint density at radius 2 is 1.55 bits per heavy atom. The number of rotatable bonds is 7. The molecule has 0 radical (unpaired) electrons. The van der Waals surface area contributed by atoms with E-state index >= 15 is 0 Å². The lowest BCUT2D eigenvalue weighted by molar-refractivity contribution is -0.144. The Labute approximate surface area is 187 Å². The number of halogens is 1. The molecule has 0 aromatic heterocycles. The van der Waals surface area contributed by atoms with Gasteiger partial charge in [-0.15, -0.1) is 0 Å². The SMILES string of the molecule is O=C(O)CONC(=O)c1cccc(F)c1NC(=O)OCC1c2ccccc2-c2ccccc21. The van der Waals surface area contributed by atoms with Crippen LogP contribution in [0.5, 0.6) is 0 Å². The van der Waals surface area contributed by atoms with Crippen molar-refractivity contribution in [1.82, 2.24) is 5.48 Å². The molecule has 0 bridgehead atoms. The van der Waals surface area contributed by atoms with E-state index < -0.39 is 36.1 Å². The first-order valence-electron chi connectivity index (χ1n) is 10.00. The van der Waals surface area contributed by atoms with Gasteiger partial charge in [-0.1, -0.05) is 54.6 Å². The van der Waals surface area contributed by atoms with Crippen LogP contribution in [0.15, 0.2) is 66.7 Å². The maximum Gasteiger partial charge on any atom is 0.411 e. The molecule has 8 nitrogen and oxygen atoms in total. The summed E-state index contributed by atoms with van der Waals surface area (Å²) in [4.78, 5) is 39.8. The smallest absolute Gasteiger partial charge is 0.411 e. The second kappa shape index (κ2) is 9.49. The molecule has 1 aliphatic rings. The average Bonchev–Trinajstić information content (AvgIpc) is 3.12. The van der Waals surface area contributed by atoms with Gasteiger partial charge in [-0.25, -0.2) is 19.5 Å². The van der Waals surface area contributed by atoms with Crippen molar-refractivity contribution in [3.8, 4) is 11.1 Å². The van der Waals surface area contributed by atoms with E-state index in [2.05, 4.69) is 10.2 Å². The molecule has 0 spiro atoms. The van der Waals surface area contributed by atoms with Crippen LogP contribution < -0.4 is 10.8 Å². The van der Waals surface area contributed by atoms with Gasteiger partial charge in [0.05, 0.1) is 11.3 Å². The number of amides is 2. The summed E-state index contributed by atoms with van der Waals surface area (Å²) in [6.45, 7) is -0.770. The largest absolute Gasteiger partial charge is 0.479 e. The van der Waals surface area contributed by atoms with Crippen LogP contribution in [0, 0.1) is 5.82 Å². The van der Waals surface area contributed by atoms with E-state index in [1.54, 1.807) is 0 Å². The lowest BCUT2D eigenvalue weighted by Crippen LogP contribution is -2.28. The number of carbonyl (C=O) groups excluding carboxylic acids is 2. The highest BCUT2D eigenvalue weighted by molar-refractivity contribution is 6.02. The molecule has 0 saturated carbocycles. The molecule has 4 rings (SSSR count). The van der Waals surface area contributed by atoms with Crippen molar-refractivity contribution >= 4 is 23.7 Å². The minimum Gasteiger partial charge on any atom is -0.479 e. The van der Waals surface area contributed by atoms with Crippen molar-refractivity contribution < 1.29 is 33.5 Å². The van der Waals surface area contributed by atoms with Crippen LogP contribution in [0.25, 0.3) is 11.1 Å². The van der Waals surface area contributed by atoms with Crippen LogP contribution in [0.3, 0.4) is 0 Å². The number of carboxylic acid groups (broad SMARTS) is 1. The zero-order valence-corrected chi connectivity index (χ0v) is 17.2. The third-order valence-corrected chi connectivity index (χ3v) is 5.19. The lowest BCUT2D eigenvalue weighted by Gasteiger charge is -2.16. The Bertz CT molecular complexity index is 1180. The fraction of sp³-hybridized carbons (Fsp3) is 0.125. The van der Waals surface area contributed by atoms with Crippen molar-refractivity contribution in [2.75, 3.05) is 18.5 Å². The molecule has 3 N–H and O–H groups in total. The molecule has 33 heavy (non-hydrogen) atoms. The van der Waals surface area contributed by atoms with Gasteiger partial charge in [-0.05, 0) is 34.4 Å². The predicted octanol–water partition coefficient (Wildman–Crippen LogP) is 3.93. The topological polar surface area (TPSA) is 114 Å². The Morgan fingerprint density at radius 1 is 0.909 bits per heavy atom. The number of hydroxylamine groups is 1. The number of anilines is 1. The third kappa shape index (κ3) is 4.68. The predicted molar refractivity (Wildman–Crippen MR) is 116 cm³/mol. The van der Waals surface area contributed by atoms with Crippen LogP contribution in [-0.2, 0) is 14.4 Å². The molecule has 2 amide bonds. The van der Waals surface area contributed by atoms with E-state index in [0.29, 0.717) is 0 Å². The number of hydrogen-bond donors (Lipinski definition) is 3. The molecule has 3 aromatic rings. The maximum absolute atomic E-state index is 14.4. The van der Waals surface area contributed by atoms with Crippen molar-refractivity contribution in [3.63, 3.8) is 0 Å². The number of nitrogens with one attached hydrogen (secondary N) is 2. The highest BCUT2D eigenvalue weighted by atomic mass is 19.1. The molecule has 0 heterocycles. The number of para-hydroxylation sites is 1. The van der Waals surface area contributed by atoms with Crippen LogP contribution in [0.4, 0.5) is 14.9 Å². The normalized spacial score (nSPS) is 11.9. The average molecular weight is 450 g/mol. The Kier molecular flexibility index (Phi) is 6.32. The van der Waals surface area contributed by atoms with E-state index in [4.69, 9.17) is 9.84 Å². The summed E-state index contributed by atoms with van der Waals surface area (Å²) in [5, 5.41) is 10.8. The van der Waals surface area contributed by atoms with Gasteiger partial charge in [-0.3, -0.25) is 14.9 Å². The highest BCUT2D eigenvalue weighted by Gasteiger charge is 2.29. The molecule has 9 heteroatoms. The summed E-state index contributed by atoms with van der Waals surface area (Å²) in [7, 11) is 0. The molecule has 0 atom stereocenters. The Hall–Kier alpha value is -4.24.